The molecule has 0 radical (unpaired) electrons. The average Bonchev–Trinajstić information content (AvgIpc) is 2.86. The molecular formula is C13H15NO3. The average molecular weight is 233 g/mol. The Morgan fingerprint density at radius 2 is 2.35 bits per heavy atom. The molecule has 1 aromatic carbocycles. The summed E-state index contributed by atoms with van der Waals surface area (Å²) in [4.78, 5) is 0. The van der Waals surface area contributed by atoms with Gasteiger partial charge in [-0.2, -0.15) is 0 Å². The Morgan fingerprint density at radius 3 is 3.12 bits per heavy atom. The highest BCUT2D eigenvalue weighted by Crippen LogP contribution is 2.32. The summed E-state index contributed by atoms with van der Waals surface area (Å²) in [5, 5.41) is 4.37. The molecule has 1 aliphatic rings. The van der Waals surface area contributed by atoms with Gasteiger partial charge in [0.05, 0.1) is 26.1 Å². The fourth-order valence-electron chi connectivity index (χ4n) is 2.19. The maximum absolute atomic E-state index is 5.74. The van der Waals surface area contributed by atoms with Crippen molar-refractivity contribution in [3.63, 3.8) is 0 Å². The van der Waals surface area contributed by atoms with Crippen molar-refractivity contribution in [2.75, 3.05) is 26.8 Å². The van der Waals surface area contributed by atoms with E-state index in [9.17, 15) is 0 Å². The number of benzene rings is 1. The third-order valence-electron chi connectivity index (χ3n) is 3.06. The van der Waals surface area contributed by atoms with Crippen LogP contribution >= 0.6 is 0 Å². The predicted molar refractivity (Wildman–Crippen MR) is 64.3 cm³/mol. The Kier molecular flexibility index (Phi) is 2.74. The first-order valence-corrected chi connectivity index (χ1v) is 5.76. The van der Waals surface area contributed by atoms with Crippen molar-refractivity contribution in [2.24, 2.45) is 0 Å². The summed E-state index contributed by atoms with van der Waals surface area (Å²) in [6, 6.07) is 6.03. The molecule has 0 saturated carbocycles. The minimum atomic E-state index is 0.0944. The van der Waals surface area contributed by atoms with Crippen LogP contribution in [0.1, 0.15) is 11.7 Å². The van der Waals surface area contributed by atoms with Crippen LogP contribution in [0.15, 0.2) is 28.9 Å². The lowest BCUT2D eigenvalue weighted by Gasteiger charge is -2.24. The van der Waals surface area contributed by atoms with Crippen LogP contribution in [0, 0.1) is 0 Å². The molecule has 1 aliphatic heterocycles. The first kappa shape index (κ1) is 10.6. The van der Waals surface area contributed by atoms with E-state index < -0.39 is 0 Å². The van der Waals surface area contributed by atoms with Crippen LogP contribution in [0.2, 0.25) is 0 Å². The van der Waals surface area contributed by atoms with E-state index in [1.54, 1.807) is 13.4 Å². The van der Waals surface area contributed by atoms with Gasteiger partial charge in [-0.15, -0.1) is 0 Å². The zero-order chi connectivity index (χ0) is 11.7. The highest BCUT2D eigenvalue weighted by atomic mass is 16.5. The lowest BCUT2D eigenvalue weighted by molar-refractivity contribution is 0.0276. The quantitative estimate of drug-likeness (QED) is 0.862. The van der Waals surface area contributed by atoms with Crippen molar-refractivity contribution < 1.29 is 13.9 Å². The van der Waals surface area contributed by atoms with E-state index >= 15 is 0 Å². The van der Waals surface area contributed by atoms with Gasteiger partial charge in [0.15, 0.2) is 11.3 Å². The summed E-state index contributed by atoms with van der Waals surface area (Å²) in [6.45, 7) is 2.50. The Balaban J connectivity index is 2.03. The van der Waals surface area contributed by atoms with Crippen molar-refractivity contribution in [2.45, 2.75) is 6.10 Å². The van der Waals surface area contributed by atoms with E-state index in [4.69, 9.17) is 13.9 Å². The third-order valence-corrected chi connectivity index (χ3v) is 3.06. The summed E-state index contributed by atoms with van der Waals surface area (Å²) < 4.78 is 16.5. The second-order valence-electron chi connectivity index (χ2n) is 4.13. The summed E-state index contributed by atoms with van der Waals surface area (Å²) in [7, 11) is 1.65. The topological polar surface area (TPSA) is 43.6 Å². The van der Waals surface area contributed by atoms with Crippen LogP contribution < -0.4 is 10.1 Å². The van der Waals surface area contributed by atoms with Crippen molar-refractivity contribution in [1.29, 1.82) is 0 Å². The standard InChI is InChI=1S/C13H15NO3/c1-15-11-7-10(12-8-14-3-5-16-12)6-9-2-4-17-13(9)11/h2,4,6-7,12,14H,3,5,8H2,1H3. The molecular weight excluding hydrogens is 218 g/mol. The number of hydrogen-bond acceptors (Lipinski definition) is 4. The smallest absolute Gasteiger partial charge is 0.175 e. The largest absolute Gasteiger partial charge is 0.493 e. The molecule has 4 heteroatoms. The number of furan rings is 1. The minimum Gasteiger partial charge on any atom is -0.493 e. The molecule has 1 N–H and O–H groups in total. The van der Waals surface area contributed by atoms with E-state index in [0.29, 0.717) is 0 Å². The molecule has 3 rings (SSSR count). The number of methoxy groups -OCH3 is 1. The van der Waals surface area contributed by atoms with Gasteiger partial charge in [0.2, 0.25) is 0 Å². The lowest BCUT2D eigenvalue weighted by Crippen LogP contribution is -2.33. The molecule has 90 valence electrons. The zero-order valence-electron chi connectivity index (χ0n) is 9.73. The fourth-order valence-corrected chi connectivity index (χ4v) is 2.19. The molecule has 1 saturated heterocycles. The molecule has 1 aromatic heterocycles. The van der Waals surface area contributed by atoms with E-state index in [-0.39, 0.29) is 6.10 Å². The van der Waals surface area contributed by atoms with E-state index in [2.05, 4.69) is 11.4 Å². The second-order valence-corrected chi connectivity index (χ2v) is 4.13. The van der Waals surface area contributed by atoms with Gasteiger partial charge in [0.25, 0.3) is 0 Å². The highest BCUT2D eigenvalue weighted by Gasteiger charge is 2.18. The second kappa shape index (κ2) is 4.39. The summed E-state index contributed by atoms with van der Waals surface area (Å²) in [6.07, 6.45) is 1.77. The number of fused-ring (bicyclic) bond motifs is 1. The number of ether oxygens (including phenoxy) is 2. The van der Waals surface area contributed by atoms with E-state index in [1.165, 1.54) is 0 Å². The Bertz CT molecular complexity index is 514. The van der Waals surface area contributed by atoms with Gasteiger partial charge in [-0.05, 0) is 23.8 Å². The summed E-state index contributed by atoms with van der Waals surface area (Å²) in [5.74, 6) is 0.761. The molecule has 1 atom stereocenters. The van der Waals surface area contributed by atoms with Crippen LogP contribution in [-0.4, -0.2) is 26.8 Å². The number of hydrogen-bond donors (Lipinski definition) is 1. The van der Waals surface area contributed by atoms with Crippen molar-refractivity contribution in [3.05, 3.63) is 30.0 Å². The molecule has 0 amide bonds. The number of nitrogens with one attached hydrogen (secondary N) is 1. The number of rotatable bonds is 2. The van der Waals surface area contributed by atoms with Crippen LogP contribution in [0.4, 0.5) is 0 Å². The normalized spacial score (nSPS) is 20.6. The molecule has 1 fully saturated rings. The molecule has 1 unspecified atom stereocenters. The lowest BCUT2D eigenvalue weighted by atomic mass is 10.1. The monoisotopic (exact) mass is 233 g/mol. The molecule has 2 aromatic rings. The van der Waals surface area contributed by atoms with Gasteiger partial charge in [0, 0.05) is 18.5 Å². The Labute approximate surface area is 99.5 Å². The van der Waals surface area contributed by atoms with Crippen LogP contribution in [-0.2, 0) is 4.74 Å². The predicted octanol–water partition coefficient (Wildman–Crippen LogP) is 2.10. The number of morpholine rings is 1. The van der Waals surface area contributed by atoms with E-state index in [1.807, 2.05) is 12.1 Å². The Morgan fingerprint density at radius 1 is 1.41 bits per heavy atom. The van der Waals surface area contributed by atoms with Gasteiger partial charge < -0.3 is 19.2 Å². The molecule has 17 heavy (non-hydrogen) atoms. The highest BCUT2D eigenvalue weighted by molar-refractivity contribution is 5.84. The van der Waals surface area contributed by atoms with Crippen molar-refractivity contribution in [3.8, 4) is 5.75 Å². The minimum absolute atomic E-state index is 0.0944. The maximum atomic E-state index is 5.74. The van der Waals surface area contributed by atoms with Gasteiger partial charge in [-0.3, -0.25) is 0 Å². The van der Waals surface area contributed by atoms with E-state index in [0.717, 1.165) is 42.0 Å². The van der Waals surface area contributed by atoms with Crippen LogP contribution in [0.25, 0.3) is 11.0 Å². The maximum Gasteiger partial charge on any atom is 0.175 e. The SMILES string of the molecule is COc1cc(C2CNCCO2)cc2ccoc12. The van der Waals surface area contributed by atoms with Gasteiger partial charge >= 0.3 is 0 Å². The molecule has 0 bridgehead atoms. The molecule has 4 nitrogen and oxygen atoms in total. The Hall–Kier alpha value is -1.52. The third kappa shape index (κ3) is 1.90. The molecule has 2 heterocycles. The molecule has 0 aliphatic carbocycles. The van der Waals surface area contributed by atoms with Crippen molar-refractivity contribution in [1.82, 2.24) is 5.32 Å². The first-order valence-electron chi connectivity index (χ1n) is 5.76. The zero-order valence-corrected chi connectivity index (χ0v) is 9.73. The van der Waals surface area contributed by atoms with Crippen molar-refractivity contribution >= 4 is 11.0 Å². The van der Waals surface area contributed by atoms with Gasteiger partial charge in [-0.25, -0.2) is 0 Å². The first-order chi connectivity index (χ1) is 8.38. The van der Waals surface area contributed by atoms with Crippen LogP contribution in [0.3, 0.4) is 0 Å². The van der Waals surface area contributed by atoms with Gasteiger partial charge in [0.1, 0.15) is 0 Å². The fraction of sp³-hybridized carbons (Fsp3) is 0.385. The summed E-state index contributed by atoms with van der Waals surface area (Å²) >= 11 is 0. The molecule has 0 spiro atoms. The van der Waals surface area contributed by atoms with Crippen LogP contribution in [0.5, 0.6) is 5.75 Å². The summed E-state index contributed by atoms with van der Waals surface area (Å²) in [5.41, 5.74) is 1.92. The van der Waals surface area contributed by atoms with Gasteiger partial charge in [-0.1, -0.05) is 0 Å².